The van der Waals surface area contributed by atoms with E-state index in [1.54, 1.807) is 11.3 Å². The van der Waals surface area contributed by atoms with E-state index in [4.69, 9.17) is 0 Å². The molecule has 154 valence electrons. The third kappa shape index (κ3) is 5.68. The van der Waals surface area contributed by atoms with Gasteiger partial charge >= 0.3 is 6.18 Å². The predicted octanol–water partition coefficient (Wildman–Crippen LogP) is 4.12. The van der Waals surface area contributed by atoms with Crippen LogP contribution in [0.15, 0.2) is 27.9 Å². The Labute approximate surface area is 170 Å². The molecule has 3 rings (SSSR count). The summed E-state index contributed by atoms with van der Waals surface area (Å²) in [6, 6.07) is 4.47. The predicted molar refractivity (Wildman–Crippen MR) is 108 cm³/mol. The Morgan fingerprint density at radius 1 is 1.29 bits per heavy atom. The number of alkyl halides is 3. The van der Waals surface area contributed by atoms with Gasteiger partial charge in [-0.25, -0.2) is 9.98 Å². The Bertz CT molecular complexity index is 752. The Morgan fingerprint density at radius 3 is 2.68 bits per heavy atom. The maximum absolute atomic E-state index is 12.7. The molecule has 10 heteroatoms. The van der Waals surface area contributed by atoms with Gasteiger partial charge in [0.2, 0.25) is 0 Å². The number of thiophene rings is 1. The quantitative estimate of drug-likeness (QED) is 0.512. The average Bonchev–Trinajstić information content (AvgIpc) is 3.41. The molecule has 3 heterocycles. The maximum Gasteiger partial charge on any atom is 0.434 e. The number of likely N-dealkylation sites (tertiary alicyclic amines) is 1. The lowest BCUT2D eigenvalue weighted by atomic mass is 10.2. The van der Waals surface area contributed by atoms with E-state index in [1.807, 2.05) is 6.92 Å². The summed E-state index contributed by atoms with van der Waals surface area (Å²) >= 11 is 2.72. The Hall–Kier alpha value is -1.65. The van der Waals surface area contributed by atoms with Crippen LogP contribution in [0.4, 0.5) is 13.2 Å². The van der Waals surface area contributed by atoms with Crippen LogP contribution in [-0.4, -0.2) is 42.0 Å². The molecule has 1 atom stereocenters. The molecule has 0 spiro atoms. The molecule has 5 nitrogen and oxygen atoms in total. The van der Waals surface area contributed by atoms with Crippen molar-refractivity contribution in [3.05, 3.63) is 38.5 Å². The number of rotatable bonds is 7. The second-order valence-corrected chi connectivity index (χ2v) is 8.40. The van der Waals surface area contributed by atoms with Crippen LogP contribution in [0.3, 0.4) is 0 Å². The van der Waals surface area contributed by atoms with Crippen LogP contribution in [0.1, 0.15) is 41.4 Å². The van der Waals surface area contributed by atoms with Gasteiger partial charge in [0.15, 0.2) is 11.7 Å². The second-order valence-electron chi connectivity index (χ2n) is 6.47. The van der Waals surface area contributed by atoms with Crippen molar-refractivity contribution in [3.8, 4) is 0 Å². The number of aliphatic imine (C=N–C) groups is 1. The summed E-state index contributed by atoms with van der Waals surface area (Å²) in [5.74, 6) is 0.590. The van der Waals surface area contributed by atoms with Crippen LogP contribution in [0.2, 0.25) is 0 Å². The smallest absolute Gasteiger partial charge is 0.357 e. The van der Waals surface area contributed by atoms with Crippen molar-refractivity contribution in [1.82, 2.24) is 20.5 Å². The van der Waals surface area contributed by atoms with Gasteiger partial charge in [0, 0.05) is 23.3 Å². The van der Waals surface area contributed by atoms with Gasteiger partial charge in [-0.3, -0.25) is 4.90 Å². The number of hydrogen-bond acceptors (Lipinski definition) is 5. The molecule has 28 heavy (non-hydrogen) atoms. The highest BCUT2D eigenvalue weighted by Crippen LogP contribution is 2.30. The minimum absolute atomic E-state index is 0.115. The molecule has 1 unspecified atom stereocenters. The van der Waals surface area contributed by atoms with Gasteiger partial charge in [0.05, 0.1) is 12.6 Å². The molecule has 0 saturated carbocycles. The number of aromatic nitrogens is 1. The number of hydrogen-bond donors (Lipinski definition) is 2. The fourth-order valence-electron chi connectivity index (χ4n) is 3.14. The van der Waals surface area contributed by atoms with Gasteiger partial charge in [0.25, 0.3) is 0 Å². The van der Waals surface area contributed by atoms with E-state index in [0.717, 1.165) is 29.8 Å². The average molecular weight is 432 g/mol. The van der Waals surface area contributed by atoms with E-state index >= 15 is 0 Å². The van der Waals surface area contributed by atoms with E-state index in [9.17, 15) is 13.2 Å². The van der Waals surface area contributed by atoms with Gasteiger partial charge in [-0.15, -0.1) is 22.7 Å². The molecule has 0 aliphatic carbocycles. The summed E-state index contributed by atoms with van der Waals surface area (Å²) in [5, 5.41) is 9.97. The molecule has 1 saturated heterocycles. The number of nitrogens with one attached hydrogen (secondary N) is 2. The van der Waals surface area contributed by atoms with Crippen molar-refractivity contribution < 1.29 is 13.2 Å². The van der Waals surface area contributed by atoms with Crippen LogP contribution in [0.25, 0.3) is 0 Å². The maximum atomic E-state index is 12.7. The monoisotopic (exact) mass is 431 g/mol. The van der Waals surface area contributed by atoms with E-state index < -0.39 is 11.9 Å². The molecular weight excluding hydrogens is 407 g/mol. The van der Waals surface area contributed by atoms with Gasteiger partial charge < -0.3 is 10.6 Å². The van der Waals surface area contributed by atoms with Crippen molar-refractivity contribution in [1.29, 1.82) is 0 Å². The molecule has 2 aromatic rings. The highest BCUT2D eigenvalue weighted by molar-refractivity contribution is 7.10. The first-order chi connectivity index (χ1) is 13.5. The minimum atomic E-state index is -4.41. The standard InChI is InChI=1S/C18H24F3N5S2/c1-2-22-17(24-11-16-25-15(12-28-16)18(19,20)21)23-10-13(14-6-5-9-27-14)26-7-3-4-8-26/h5-6,9,12-13H,2-4,7-8,10-11H2,1H3,(H2,22,23,24). The van der Waals surface area contributed by atoms with Crippen molar-refractivity contribution in [2.75, 3.05) is 26.2 Å². The Kier molecular flexibility index (Phi) is 7.30. The number of thiazole rings is 1. The summed E-state index contributed by atoms with van der Waals surface area (Å²) in [4.78, 5) is 11.8. The van der Waals surface area contributed by atoms with Crippen LogP contribution in [0, 0.1) is 0 Å². The molecule has 0 radical (unpaired) electrons. The van der Waals surface area contributed by atoms with E-state index in [-0.39, 0.29) is 12.6 Å². The lowest BCUT2D eigenvalue weighted by Crippen LogP contribution is -2.42. The molecule has 0 bridgehead atoms. The topological polar surface area (TPSA) is 52.6 Å². The van der Waals surface area contributed by atoms with Crippen LogP contribution in [0.5, 0.6) is 0 Å². The molecule has 1 fully saturated rings. The van der Waals surface area contributed by atoms with Gasteiger partial charge in [-0.05, 0) is 44.3 Å². The van der Waals surface area contributed by atoms with Gasteiger partial charge in [0.1, 0.15) is 5.01 Å². The summed E-state index contributed by atoms with van der Waals surface area (Å²) in [6.45, 7) is 5.60. The molecule has 0 amide bonds. The van der Waals surface area contributed by atoms with Crippen molar-refractivity contribution in [2.45, 2.75) is 38.5 Å². The van der Waals surface area contributed by atoms with Crippen molar-refractivity contribution in [2.24, 2.45) is 4.99 Å². The zero-order chi connectivity index (χ0) is 20.0. The molecule has 0 aromatic carbocycles. The highest BCUT2D eigenvalue weighted by atomic mass is 32.1. The van der Waals surface area contributed by atoms with E-state index in [0.29, 0.717) is 24.1 Å². The SMILES string of the molecule is CCNC(=NCc1nc(C(F)(F)F)cs1)NCC(c1cccs1)N1CCCC1. The molecule has 1 aliphatic heterocycles. The fraction of sp³-hybridized carbons (Fsp3) is 0.556. The first kappa shape index (κ1) is 21.1. The zero-order valence-corrected chi connectivity index (χ0v) is 17.3. The first-order valence-corrected chi connectivity index (χ1v) is 11.0. The first-order valence-electron chi connectivity index (χ1n) is 9.28. The molecular formula is C18H24F3N5S2. The van der Waals surface area contributed by atoms with E-state index in [2.05, 4.69) is 43.0 Å². The minimum Gasteiger partial charge on any atom is -0.357 e. The largest absolute Gasteiger partial charge is 0.434 e. The van der Waals surface area contributed by atoms with Crippen LogP contribution >= 0.6 is 22.7 Å². The normalized spacial score (nSPS) is 17.1. The summed E-state index contributed by atoms with van der Waals surface area (Å²) < 4.78 is 38.1. The van der Waals surface area contributed by atoms with Crippen LogP contribution in [-0.2, 0) is 12.7 Å². The lowest BCUT2D eigenvalue weighted by Gasteiger charge is -2.27. The molecule has 2 N–H and O–H groups in total. The third-order valence-corrected chi connectivity index (χ3v) is 6.28. The number of nitrogens with zero attached hydrogens (tertiary/aromatic N) is 3. The summed E-state index contributed by atoms with van der Waals surface area (Å²) in [6.07, 6.45) is -1.99. The summed E-state index contributed by atoms with van der Waals surface area (Å²) in [5.41, 5.74) is -0.854. The zero-order valence-electron chi connectivity index (χ0n) is 15.6. The van der Waals surface area contributed by atoms with Gasteiger partial charge in [-0.1, -0.05) is 6.07 Å². The molecule has 2 aromatic heterocycles. The second kappa shape index (κ2) is 9.71. The molecule has 1 aliphatic rings. The van der Waals surface area contributed by atoms with Crippen LogP contribution < -0.4 is 10.6 Å². The van der Waals surface area contributed by atoms with Crippen molar-refractivity contribution in [3.63, 3.8) is 0 Å². The third-order valence-electron chi connectivity index (χ3n) is 4.47. The van der Waals surface area contributed by atoms with Crippen molar-refractivity contribution >= 4 is 28.6 Å². The van der Waals surface area contributed by atoms with E-state index in [1.165, 1.54) is 17.7 Å². The summed E-state index contributed by atoms with van der Waals surface area (Å²) in [7, 11) is 0. The number of guanidine groups is 1. The Morgan fingerprint density at radius 2 is 2.07 bits per heavy atom. The fourth-order valence-corrected chi connectivity index (χ4v) is 4.72. The number of halogens is 3. The Balaban J connectivity index is 1.64. The highest BCUT2D eigenvalue weighted by Gasteiger charge is 2.33. The van der Waals surface area contributed by atoms with Gasteiger partial charge in [-0.2, -0.15) is 13.2 Å². The lowest BCUT2D eigenvalue weighted by molar-refractivity contribution is -0.140.